The van der Waals surface area contributed by atoms with Crippen LogP contribution in [0.15, 0.2) is 0 Å². The van der Waals surface area contributed by atoms with Gasteiger partial charge < -0.3 is 19.5 Å². The number of likely N-dealkylation sites (N-methyl/N-ethyl adjacent to an activating group) is 1. The van der Waals surface area contributed by atoms with Crippen molar-refractivity contribution in [3.05, 3.63) is 0 Å². The monoisotopic (exact) mass is 175 g/mol. The molecule has 0 saturated heterocycles. The SMILES string of the molecule is CC(C)[N+](C)(CCO)CC(=O)[O-]. The zero-order chi connectivity index (χ0) is 9.78. The molecule has 72 valence electrons. The van der Waals surface area contributed by atoms with E-state index in [2.05, 4.69) is 0 Å². The van der Waals surface area contributed by atoms with E-state index in [1.807, 2.05) is 13.8 Å². The normalized spacial score (nSPS) is 16.1. The highest BCUT2D eigenvalue weighted by Crippen LogP contribution is 2.07. The third-order valence-corrected chi connectivity index (χ3v) is 2.35. The Kier molecular flexibility index (Phi) is 4.20. The van der Waals surface area contributed by atoms with Crippen LogP contribution in [0.1, 0.15) is 13.8 Å². The molecule has 0 spiro atoms. The Bertz CT molecular complexity index is 158. The molecule has 0 aromatic heterocycles. The number of carbonyl (C=O) groups is 1. The highest BCUT2D eigenvalue weighted by atomic mass is 16.4. The molecule has 0 amide bonds. The van der Waals surface area contributed by atoms with Gasteiger partial charge in [0.2, 0.25) is 0 Å². The lowest BCUT2D eigenvalue weighted by Gasteiger charge is -2.38. The molecule has 0 saturated carbocycles. The van der Waals surface area contributed by atoms with Crippen molar-refractivity contribution in [2.45, 2.75) is 19.9 Å². The van der Waals surface area contributed by atoms with Crippen LogP contribution >= 0.6 is 0 Å². The van der Waals surface area contributed by atoms with Gasteiger partial charge in [-0.05, 0) is 13.8 Å². The molecule has 0 aromatic rings. The van der Waals surface area contributed by atoms with Crippen LogP contribution in [-0.2, 0) is 4.79 Å². The third-order valence-electron chi connectivity index (χ3n) is 2.35. The number of quaternary nitrogens is 1. The summed E-state index contributed by atoms with van der Waals surface area (Å²) in [5.41, 5.74) is 0. The summed E-state index contributed by atoms with van der Waals surface area (Å²) < 4.78 is 0.318. The zero-order valence-corrected chi connectivity index (χ0v) is 7.91. The summed E-state index contributed by atoms with van der Waals surface area (Å²) >= 11 is 0. The number of carbonyl (C=O) groups excluding carboxylic acids is 1. The number of hydrogen-bond donors (Lipinski definition) is 1. The van der Waals surface area contributed by atoms with Crippen LogP contribution in [0.5, 0.6) is 0 Å². The van der Waals surface area contributed by atoms with Crippen molar-refractivity contribution in [1.82, 2.24) is 0 Å². The fourth-order valence-corrected chi connectivity index (χ4v) is 1.04. The molecule has 0 aliphatic heterocycles. The number of aliphatic carboxylic acids is 1. The first-order chi connectivity index (χ1) is 5.42. The van der Waals surface area contributed by atoms with Crippen LogP contribution in [0.3, 0.4) is 0 Å². The number of aliphatic hydroxyl groups excluding tert-OH is 1. The van der Waals surface area contributed by atoms with E-state index in [-0.39, 0.29) is 19.2 Å². The van der Waals surface area contributed by atoms with Crippen molar-refractivity contribution in [1.29, 1.82) is 0 Å². The van der Waals surface area contributed by atoms with E-state index in [1.54, 1.807) is 7.05 Å². The van der Waals surface area contributed by atoms with E-state index in [4.69, 9.17) is 5.11 Å². The third kappa shape index (κ3) is 3.19. The van der Waals surface area contributed by atoms with Gasteiger partial charge >= 0.3 is 0 Å². The molecule has 0 heterocycles. The molecule has 0 aliphatic rings. The first-order valence-corrected chi connectivity index (χ1v) is 4.07. The molecular weight excluding hydrogens is 158 g/mol. The maximum atomic E-state index is 10.4. The summed E-state index contributed by atoms with van der Waals surface area (Å²) in [6.45, 7) is 4.27. The van der Waals surface area contributed by atoms with Crippen LogP contribution < -0.4 is 5.11 Å². The van der Waals surface area contributed by atoms with Crippen LogP contribution in [0.4, 0.5) is 0 Å². The van der Waals surface area contributed by atoms with Crippen molar-refractivity contribution in [3.8, 4) is 0 Å². The summed E-state index contributed by atoms with van der Waals surface area (Å²) in [6, 6.07) is 0.176. The van der Waals surface area contributed by atoms with E-state index in [0.29, 0.717) is 11.0 Å². The Morgan fingerprint density at radius 3 is 2.33 bits per heavy atom. The van der Waals surface area contributed by atoms with Gasteiger partial charge in [-0.15, -0.1) is 0 Å². The molecule has 0 aliphatic carbocycles. The molecule has 0 radical (unpaired) electrons. The minimum atomic E-state index is -1.07. The lowest BCUT2D eigenvalue weighted by Crippen LogP contribution is -2.56. The predicted molar refractivity (Wildman–Crippen MR) is 43.1 cm³/mol. The van der Waals surface area contributed by atoms with Crippen molar-refractivity contribution in [3.63, 3.8) is 0 Å². The number of carboxylic acids is 1. The molecule has 1 unspecified atom stereocenters. The Balaban J connectivity index is 4.28. The topological polar surface area (TPSA) is 60.4 Å². The van der Waals surface area contributed by atoms with Crippen molar-refractivity contribution >= 4 is 5.97 Å². The van der Waals surface area contributed by atoms with Gasteiger partial charge in [-0.3, -0.25) is 0 Å². The lowest BCUT2D eigenvalue weighted by atomic mass is 10.2. The Morgan fingerprint density at radius 1 is 1.58 bits per heavy atom. The van der Waals surface area contributed by atoms with Crippen LogP contribution in [0, 0.1) is 0 Å². The molecule has 4 nitrogen and oxygen atoms in total. The summed E-state index contributed by atoms with van der Waals surface area (Å²) in [4.78, 5) is 10.4. The Hall–Kier alpha value is -0.610. The van der Waals surface area contributed by atoms with Gasteiger partial charge in [0.1, 0.15) is 13.1 Å². The largest absolute Gasteiger partial charge is 0.544 e. The first kappa shape index (κ1) is 11.4. The summed E-state index contributed by atoms with van der Waals surface area (Å²) in [5, 5.41) is 19.1. The summed E-state index contributed by atoms with van der Waals surface area (Å²) in [6.07, 6.45) is 0. The first-order valence-electron chi connectivity index (χ1n) is 4.07. The fraction of sp³-hybridized carbons (Fsp3) is 0.875. The number of rotatable bonds is 5. The highest BCUT2D eigenvalue weighted by molar-refractivity contribution is 5.65. The van der Waals surface area contributed by atoms with E-state index >= 15 is 0 Å². The molecule has 0 aromatic carbocycles. The smallest absolute Gasteiger partial charge is 0.119 e. The average Bonchev–Trinajstić information content (AvgIpc) is 1.85. The zero-order valence-electron chi connectivity index (χ0n) is 7.91. The summed E-state index contributed by atoms with van der Waals surface area (Å²) in [5.74, 6) is -1.07. The minimum Gasteiger partial charge on any atom is -0.544 e. The van der Waals surface area contributed by atoms with Gasteiger partial charge in [-0.2, -0.15) is 0 Å². The standard InChI is InChI=1S/C8H17NO3/c1-7(2)9(3,4-5-10)6-8(11)12/h7,10H,4-6H2,1-3H3. The second-order valence-corrected chi connectivity index (χ2v) is 3.55. The van der Waals surface area contributed by atoms with Crippen molar-refractivity contribution in [2.24, 2.45) is 0 Å². The minimum absolute atomic E-state index is 0.00194. The number of nitrogens with zero attached hydrogens (tertiary/aromatic N) is 1. The molecule has 0 fully saturated rings. The number of aliphatic hydroxyl groups is 1. The van der Waals surface area contributed by atoms with E-state index < -0.39 is 5.97 Å². The van der Waals surface area contributed by atoms with Crippen molar-refractivity contribution < 1.29 is 19.5 Å². The van der Waals surface area contributed by atoms with Gasteiger partial charge in [0, 0.05) is 0 Å². The lowest BCUT2D eigenvalue weighted by molar-refractivity contribution is -0.924. The van der Waals surface area contributed by atoms with Crippen LogP contribution in [-0.4, -0.2) is 48.3 Å². The molecule has 4 heteroatoms. The molecule has 1 N–H and O–H groups in total. The van der Waals surface area contributed by atoms with E-state index in [0.717, 1.165) is 0 Å². The molecule has 0 rings (SSSR count). The maximum absolute atomic E-state index is 10.4. The molecule has 1 atom stereocenters. The van der Waals surface area contributed by atoms with E-state index in [1.165, 1.54) is 0 Å². The molecule has 12 heavy (non-hydrogen) atoms. The second-order valence-electron chi connectivity index (χ2n) is 3.55. The van der Waals surface area contributed by atoms with Gasteiger partial charge in [-0.25, -0.2) is 0 Å². The highest BCUT2D eigenvalue weighted by Gasteiger charge is 2.24. The van der Waals surface area contributed by atoms with Crippen LogP contribution in [0.2, 0.25) is 0 Å². The van der Waals surface area contributed by atoms with Crippen molar-refractivity contribution in [2.75, 3.05) is 26.7 Å². The van der Waals surface area contributed by atoms with Gasteiger partial charge in [0.05, 0.1) is 25.7 Å². The van der Waals surface area contributed by atoms with Gasteiger partial charge in [0.15, 0.2) is 0 Å². The van der Waals surface area contributed by atoms with Gasteiger partial charge in [-0.1, -0.05) is 0 Å². The fourth-order valence-electron chi connectivity index (χ4n) is 1.04. The quantitative estimate of drug-likeness (QED) is 0.522. The summed E-state index contributed by atoms with van der Waals surface area (Å²) in [7, 11) is 1.80. The molecule has 0 bridgehead atoms. The average molecular weight is 175 g/mol. The number of hydrogen-bond acceptors (Lipinski definition) is 3. The van der Waals surface area contributed by atoms with E-state index in [9.17, 15) is 9.90 Å². The second kappa shape index (κ2) is 4.42. The van der Waals surface area contributed by atoms with Gasteiger partial charge in [0.25, 0.3) is 0 Å². The Labute approximate surface area is 73.0 Å². The number of carboxylic acid groups (broad SMARTS) is 1. The maximum Gasteiger partial charge on any atom is 0.119 e. The molecular formula is C8H17NO3. The van der Waals surface area contributed by atoms with Crippen LogP contribution in [0.25, 0.3) is 0 Å². The predicted octanol–water partition coefficient (Wildman–Crippen LogP) is -1.42. The Morgan fingerprint density at radius 2 is 2.08 bits per heavy atom.